The first-order valence-electron chi connectivity index (χ1n) is 10.00. The SMILES string of the molecule is CCCCC(=O)N1CCC(CC(=O)Nc2cc3c(cc2C(C)=O)OCO3)CC1. The number of hydrogen-bond acceptors (Lipinski definition) is 5. The maximum Gasteiger partial charge on any atom is 0.231 e. The topological polar surface area (TPSA) is 84.9 Å². The molecule has 0 atom stereocenters. The van der Waals surface area contributed by atoms with E-state index >= 15 is 0 Å². The van der Waals surface area contributed by atoms with E-state index in [-0.39, 0.29) is 30.3 Å². The van der Waals surface area contributed by atoms with Crippen LogP contribution in [0.15, 0.2) is 12.1 Å². The number of Topliss-reactive ketones (excluding diaryl/α,β-unsaturated/α-hetero) is 1. The Bertz CT molecular complexity index is 753. The van der Waals surface area contributed by atoms with E-state index < -0.39 is 0 Å². The van der Waals surface area contributed by atoms with Crippen molar-refractivity contribution >= 4 is 23.3 Å². The minimum Gasteiger partial charge on any atom is -0.454 e. The molecule has 0 aliphatic carbocycles. The van der Waals surface area contributed by atoms with E-state index in [0.29, 0.717) is 48.7 Å². The molecule has 1 fully saturated rings. The normalized spacial score (nSPS) is 16.1. The minimum atomic E-state index is -0.146. The zero-order chi connectivity index (χ0) is 20.1. The summed E-state index contributed by atoms with van der Waals surface area (Å²) in [4.78, 5) is 38.5. The van der Waals surface area contributed by atoms with Crippen LogP contribution in [0.25, 0.3) is 0 Å². The Labute approximate surface area is 165 Å². The molecule has 2 aliphatic rings. The number of nitrogens with one attached hydrogen (secondary N) is 1. The van der Waals surface area contributed by atoms with Crippen LogP contribution in [0.1, 0.15) is 62.7 Å². The maximum absolute atomic E-state index is 12.5. The summed E-state index contributed by atoms with van der Waals surface area (Å²) in [6, 6.07) is 3.26. The van der Waals surface area contributed by atoms with Crippen LogP contribution in [0.3, 0.4) is 0 Å². The van der Waals surface area contributed by atoms with Crippen molar-refractivity contribution in [1.29, 1.82) is 0 Å². The molecule has 2 aliphatic heterocycles. The van der Waals surface area contributed by atoms with E-state index in [1.54, 1.807) is 12.1 Å². The lowest BCUT2D eigenvalue weighted by molar-refractivity contribution is -0.132. The molecular formula is C21H28N2O5. The third kappa shape index (κ3) is 4.82. The van der Waals surface area contributed by atoms with E-state index in [0.717, 1.165) is 25.7 Å². The van der Waals surface area contributed by atoms with E-state index in [9.17, 15) is 14.4 Å². The number of ketones is 1. The smallest absolute Gasteiger partial charge is 0.231 e. The predicted molar refractivity (Wildman–Crippen MR) is 105 cm³/mol. The standard InChI is InChI=1S/C21H28N2O5/c1-3-4-5-21(26)23-8-6-15(7-9-23)10-20(25)22-17-12-19-18(27-13-28-19)11-16(17)14(2)24/h11-12,15H,3-10,13H2,1-2H3,(H,22,25). The monoisotopic (exact) mass is 388 g/mol. The van der Waals surface area contributed by atoms with Crippen molar-refractivity contribution in [1.82, 2.24) is 4.90 Å². The van der Waals surface area contributed by atoms with Gasteiger partial charge in [-0.2, -0.15) is 0 Å². The Morgan fingerprint density at radius 2 is 1.82 bits per heavy atom. The number of benzene rings is 1. The van der Waals surface area contributed by atoms with Crippen LogP contribution in [0.5, 0.6) is 11.5 Å². The molecule has 7 nitrogen and oxygen atoms in total. The van der Waals surface area contributed by atoms with Crippen LogP contribution in [0, 0.1) is 5.92 Å². The third-order valence-corrected chi connectivity index (χ3v) is 5.35. The van der Waals surface area contributed by atoms with Gasteiger partial charge in [-0.05, 0) is 38.2 Å². The zero-order valence-electron chi connectivity index (χ0n) is 16.6. The number of amides is 2. The van der Waals surface area contributed by atoms with Crippen molar-refractivity contribution in [3.63, 3.8) is 0 Å². The van der Waals surface area contributed by atoms with Crippen LogP contribution in [0.4, 0.5) is 5.69 Å². The number of unbranched alkanes of at least 4 members (excludes halogenated alkanes) is 1. The minimum absolute atomic E-state index is 0.111. The Morgan fingerprint density at radius 3 is 2.46 bits per heavy atom. The summed E-state index contributed by atoms with van der Waals surface area (Å²) in [5.41, 5.74) is 0.864. The Kier molecular flexibility index (Phi) is 6.54. The molecule has 3 rings (SSSR count). The average Bonchev–Trinajstić information content (AvgIpc) is 3.13. The van der Waals surface area contributed by atoms with Crippen molar-refractivity contribution in [2.24, 2.45) is 5.92 Å². The van der Waals surface area contributed by atoms with Gasteiger partial charge in [0.05, 0.1) is 5.69 Å². The Balaban J connectivity index is 1.54. The summed E-state index contributed by atoms with van der Waals surface area (Å²) < 4.78 is 10.7. The fraction of sp³-hybridized carbons (Fsp3) is 0.571. The lowest BCUT2D eigenvalue weighted by atomic mass is 9.93. The summed E-state index contributed by atoms with van der Waals surface area (Å²) in [6.07, 6.45) is 4.58. The molecule has 1 aromatic carbocycles. The van der Waals surface area contributed by atoms with E-state index in [4.69, 9.17) is 9.47 Å². The first kappa shape index (κ1) is 20.2. The van der Waals surface area contributed by atoms with Crippen LogP contribution < -0.4 is 14.8 Å². The van der Waals surface area contributed by atoms with E-state index in [2.05, 4.69) is 12.2 Å². The molecule has 2 heterocycles. The van der Waals surface area contributed by atoms with Gasteiger partial charge in [0.2, 0.25) is 18.6 Å². The van der Waals surface area contributed by atoms with Gasteiger partial charge in [0.15, 0.2) is 17.3 Å². The number of likely N-dealkylation sites (tertiary alicyclic amines) is 1. The van der Waals surface area contributed by atoms with Gasteiger partial charge in [-0.1, -0.05) is 13.3 Å². The summed E-state index contributed by atoms with van der Waals surface area (Å²) >= 11 is 0. The van der Waals surface area contributed by atoms with Crippen LogP contribution in [-0.2, 0) is 9.59 Å². The number of fused-ring (bicyclic) bond motifs is 1. The summed E-state index contributed by atoms with van der Waals surface area (Å²) in [7, 11) is 0. The van der Waals surface area contributed by atoms with E-state index in [1.807, 2.05) is 4.90 Å². The number of carbonyl (C=O) groups is 3. The van der Waals surface area contributed by atoms with Crippen molar-refractivity contribution in [2.45, 2.75) is 52.4 Å². The molecule has 7 heteroatoms. The highest BCUT2D eigenvalue weighted by Crippen LogP contribution is 2.37. The van der Waals surface area contributed by atoms with Crippen molar-refractivity contribution < 1.29 is 23.9 Å². The third-order valence-electron chi connectivity index (χ3n) is 5.35. The van der Waals surface area contributed by atoms with Gasteiger partial charge in [-0.25, -0.2) is 0 Å². The van der Waals surface area contributed by atoms with Gasteiger partial charge < -0.3 is 19.7 Å². The Morgan fingerprint density at radius 1 is 1.14 bits per heavy atom. The number of hydrogen-bond donors (Lipinski definition) is 1. The van der Waals surface area contributed by atoms with Crippen LogP contribution in [-0.4, -0.2) is 42.4 Å². The second-order valence-corrected chi connectivity index (χ2v) is 7.49. The molecule has 2 amide bonds. The van der Waals surface area contributed by atoms with Crippen molar-refractivity contribution in [3.05, 3.63) is 17.7 Å². The second kappa shape index (κ2) is 9.08. The molecule has 0 bridgehead atoms. The summed E-state index contributed by atoms with van der Waals surface area (Å²) in [6.45, 7) is 5.07. The van der Waals surface area contributed by atoms with Gasteiger partial charge in [-0.15, -0.1) is 0 Å². The number of piperidine rings is 1. The molecule has 28 heavy (non-hydrogen) atoms. The molecule has 0 unspecified atom stereocenters. The molecule has 1 saturated heterocycles. The maximum atomic E-state index is 12.5. The first-order chi connectivity index (χ1) is 13.5. The lowest BCUT2D eigenvalue weighted by Crippen LogP contribution is -2.39. The molecule has 0 radical (unpaired) electrons. The number of carbonyl (C=O) groups excluding carboxylic acids is 3. The molecule has 0 saturated carbocycles. The van der Waals surface area contributed by atoms with Crippen LogP contribution >= 0.6 is 0 Å². The molecule has 0 spiro atoms. The molecule has 1 N–H and O–H groups in total. The largest absolute Gasteiger partial charge is 0.454 e. The average molecular weight is 388 g/mol. The molecular weight excluding hydrogens is 360 g/mol. The lowest BCUT2D eigenvalue weighted by Gasteiger charge is -2.32. The highest BCUT2D eigenvalue weighted by Gasteiger charge is 2.25. The fourth-order valence-corrected chi connectivity index (χ4v) is 3.67. The number of rotatable bonds is 7. The van der Waals surface area contributed by atoms with Gasteiger partial charge in [0.25, 0.3) is 0 Å². The van der Waals surface area contributed by atoms with Gasteiger partial charge in [0.1, 0.15) is 0 Å². The zero-order valence-corrected chi connectivity index (χ0v) is 16.6. The van der Waals surface area contributed by atoms with Crippen molar-refractivity contribution in [3.8, 4) is 11.5 Å². The van der Waals surface area contributed by atoms with E-state index in [1.165, 1.54) is 6.92 Å². The Hall–Kier alpha value is -2.57. The van der Waals surface area contributed by atoms with Gasteiger partial charge >= 0.3 is 0 Å². The molecule has 1 aromatic rings. The van der Waals surface area contributed by atoms with Crippen molar-refractivity contribution in [2.75, 3.05) is 25.2 Å². The number of ether oxygens (including phenoxy) is 2. The van der Waals surface area contributed by atoms with Gasteiger partial charge in [0, 0.05) is 37.6 Å². The van der Waals surface area contributed by atoms with Gasteiger partial charge in [-0.3, -0.25) is 14.4 Å². The summed E-state index contributed by atoms with van der Waals surface area (Å²) in [5.74, 6) is 1.23. The first-order valence-corrected chi connectivity index (χ1v) is 10.00. The second-order valence-electron chi connectivity index (χ2n) is 7.49. The molecule has 0 aromatic heterocycles. The number of anilines is 1. The highest BCUT2D eigenvalue weighted by atomic mass is 16.7. The quantitative estimate of drug-likeness (QED) is 0.724. The molecule has 152 valence electrons. The van der Waals surface area contributed by atoms with Crippen LogP contribution in [0.2, 0.25) is 0 Å². The summed E-state index contributed by atoms with van der Waals surface area (Å²) in [5, 5.41) is 2.85. The number of nitrogens with zero attached hydrogens (tertiary/aromatic N) is 1. The highest BCUT2D eigenvalue weighted by molar-refractivity contribution is 6.04. The predicted octanol–water partition coefficient (Wildman–Crippen LogP) is 3.38. The fourth-order valence-electron chi connectivity index (χ4n) is 3.67.